The molecule has 0 fully saturated rings. The molecule has 11 nitrogen and oxygen atoms in total. The summed E-state index contributed by atoms with van der Waals surface area (Å²) in [5.74, 6) is -2.42. The van der Waals surface area contributed by atoms with Crippen molar-refractivity contribution in [2.45, 2.75) is 193 Å². The Labute approximate surface area is 327 Å². The number of phosphoric acid groups is 1. The monoisotopic (exact) mass is 786 g/mol. The smallest absolute Gasteiger partial charge is 0.472 e. The van der Waals surface area contributed by atoms with Crippen LogP contribution in [0.15, 0.2) is 36.5 Å². The molecular formula is C42H76NO10P. The molecular weight excluding hydrogens is 709 g/mol. The Bertz CT molecular complexity index is 1060. The average molecular weight is 786 g/mol. The third kappa shape index (κ3) is 36.7. The number of hydrogen-bond acceptors (Lipinski definition) is 9. The highest BCUT2D eigenvalue weighted by atomic mass is 31.2. The lowest BCUT2D eigenvalue weighted by atomic mass is 10.1. The highest BCUT2D eigenvalue weighted by Gasteiger charge is 2.28. The number of phosphoric ester groups is 1. The SMILES string of the molecule is CCCC/C=C/CCCCCCCCCCCC(=O)OC[C@H](COP(=O)(O)OC[C@H](N)C(=O)O)OC(=O)CCCC/C=C/C/C=C/CCCCCCCC. The molecule has 0 bridgehead atoms. The van der Waals surface area contributed by atoms with E-state index in [0.717, 1.165) is 44.9 Å². The first-order valence-corrected chi connectivity index (χ1v) is 22.5. The van der Waals surface area contributed by atoms with Crippen LogP contribution < -0.4 is 5.73 Å². The minimum Gasteiger partial charge on any atom is -0.480 e. The van der Waals surface area contributed by atoms with Crippen molar-refractivity contribution >= 4 is 25.7 Å². The van der Waals surface area contributed by atoms with Crippen molar-refractivity contribution in [2.75, 3.05) is 19.8 Å². The third-order valence-corrected chi connectivity index (χ3v) is 9.81. The van der Waals surface area contributed by atoms with Crippen LogP contribution in [-0.4, -0.2) is 59.9 Å². The molecule has 0 spiro atoms. The quantitative estimate of drug-likeness (QED) is 0.0234. The predicted octanol–water partition coefficient (Wildman–Crippen LogP) is 10.8. The average Bonchev–Trinajstić information content (AvgIpc) is 3.14. The Kier molecular flexibility index (Phi) is 36.0. The highest BCUT2D eigenvalue weighted by Crippen LogP contribution is 2.43. The van der Waals surface area contributed by atoms with Gasteiger partial charge in [-0.2, -0.15) is 0 Å². The Balaban J connectivity index is 4.44. The number of allylic oxidation sites excluding steroid dienone is 6. The largest absolute Gasteiger partial charge is 0.480 e. The number of carboxylic acids is 1. The van der Waals surface area contributed by atoms with Gasteiger partial charge in [-0.1, -0.05) is 140 Å². The van der Waals surface area contributed by atoms with E-state index in [1.54, 1.807) is 0 Å². The van der Waals surface area contributed by atoms with Crippen molar-refractivity contribution in [2.24, 2.45) is 5.73 Å². The summed E-state index contributed by atoms with van der Waals surface area (Å²) in [6, 6.07) is -1.53. The second-order valence-corrected chi connectivity index (χ2v) is 15.6. The fourth-order valence-electron chi connectivity index (χ4n) is 5.49. The van der Waals surface area contributed by atoms with Gasteiger partial charge in [0.25, 0.3) is 0 Å². The number of aliphatic carboxylic acids is 1. The molecule has 3 atom stereocenters. The molecule has 0 aliphatic carbocycles. The number of hydrogen-bond donors (Lipinski definition) is 3. The lowest BCUT2D eigenvalue weighted by Gasteiger charge is -2.20. The van der Waals surface area contributed by atoms with Crippen LogP contribution >= 0.6 is 7.82 Å². The molecule has 12 heteroatoms. The molecule has 1 unspecified atom stereocenters. The summed E-state index contributed by atoms with van der Waals surface area (Å²) < 4.78 is 32.6. The lowest BCUT2D eigenvalue weighted by molar-refractivity contribution is -0.161. The normalized spacial score (nSPS) is 14.1. The maximum Gasteiger partial charge on any atom is 0.472 e. The van der Waals surface area contributed by atoms with Crippen LogP contribution in [0.5, 0.6) is 0 Å². The number of carboxylic acid groups (broad SMARTS) is 1. The minimum atomic E-state index is -4.72. The molecule has 0 radical (unpaired) electrons. The Hall–Kier alpha value is -2.30. The van der Waals surface area contributed by atoms with Crippen LogP contribution in [0, 0.1) is 0 Å². The van der Waals surface area contributed by atoms with Gasteiger partial charge in [0.05, 0.1) is 13.2 Å². The second-order valence-electron chi connectivity index (χ2n) is 14.1. The molecule has 0 aliphatic heterocycles. The molecule has 314 valence electrons. The van der Waals surface area contributed by atoms with Crippen LogP contribution in [0.25, 0.3) is 0 Å². The number of unbranched alkanes of at least 4 members (excludes halogenated alkanes) is 19. The van der Waals surface area contributed by atoms with Crippen molar-refractivity contribution in [1.29, 1.82) is 0 Å². The molecule has 0 rings (SSSR count). The molecule has 0 aromatic carbocycles. The van der Waals surface area contributed by atoms with E-state index in [9.17, 15) is 23.8 Å². The van der Waals surface area contributed by atoms with Gasteiger partial charge in [-0.3, -0.25) is 23.4 Å². The lowest BCUT2D eigenvalue weighted by Crippen LogP contribution is -2.34. The highest BCUT2D eigenvalue weighted by molar-refractivity contribution is 7.47. The fourth-order valence-corrected chi connectivity index (χ4v) is 6.26. The van der Waals surface area contributed by atoms with Crippen molar-refractivity contribution in [3.63, 3.8) is 0 Å². The molecule has 0 aromatic rings. The van der Waals surface area contributed by atoms with Gasteiger partial charge in [0.15, 0.2) is 6.10 Å². The number of nitrogens with two attached hydrogens (primary N) is 1. The van der Waals surface area contributed by atoms with Gasteiger partial charge in [-0.05, 0) is 64.2 Å². The number of ether oxygens (including phenoxy) is 2. The number of esters is 2. The van der Waals surface area contributed by atoms with Crippen LogP contribution in [0.3, 0.4) is 0 Å². The van der Waals surface area contributed by atoms with E-state index in [4.69, 9.17) is 24.8 Å². The summed E-state index contributed by atoms with van der Waals surface area (Å²) in [5, 5.41) is 8.87. The molecule has 0 amide bonds. The first kappa shape index (κ1) is 51.7. The van der Waals surface area contributed by atoms with Crippen molar-refractivity contribution < 1.29 is 47.5 Å². The van der Waals surface area contributed by atoms with Crippen LogP contribution in [0.1, 0.15) is 181 Å². The first-order chi connectivity index (χ1) is 26.1. The zero-order chi connectivity index (χ0) is 40.0. The van der Waals surface area contributed by atoms with Crippen LogP contribution in [0.2, 0.25) is 0 Å². The van der Waals surface area contributed by atoms with Gasteiger partial charge in [-0.15, -0.1) is 0 Å². The van der Waals surface area contributed by atoms with Crippen molar-refractivity contribution in [1.82, 2.24) is 0 Å². The summed E-state index contributed by atoms with van der Waals surface area (Å²) in [5.41, 5.74) is 5.32. The van der Waals surface area contributed by atoms with E-state index >= 15 is 0 Å². The van der Waals surface area contributed by atoms with Gasteiger partial charge in [-0.25, -0.2) is 4.57 Å². The van der Waals surface area contributed by atoms with E-state index in [1.807, 2.05) is 0 Å². The van der Waals surface area contributed by atoms with Gasteiger partial charge in [0.2, 0.25) is 0 Å². The maximum absolute atomic E-state index is 12.6. The topological polar surface area (TPSA) is 172 Å². The Morgan fingerprint density at radius 1 is 0.574 bits per heavy atom. The van der Waals surface area contributed by atoms with Crippen molar-refractivity contribution in [3.8, 4) is 0 Å². The standard InChI is InChI=1S/C42H76NO10P/c1-3-5-7-9-11-13-15-17-19-21-23-25-27-29-31-33-40(44)50-35-38(36-51-54(48,49)52-37-39(43)42(46)47)53-41(45)34-32-30-28-26-24-22-20-18-16-14-12-10-8-6-4-2/h9,11,18,20,24,26,38-39H,3-8,10,12-17,19,21-23,25,27-37,43H2,1-2H3,(H,46,47)(H,48,49)/b11-9+,20-18+,26-24+/t38-,39+/m1/s1. The second kappa shape index (κ2) is 37.6. The zero-order valence-electron chi connectivity index (χ0n) is 33.8. The van der Waals surface area contributed by atoms with Gasteiger partial charge in [0, 0.05) is 12.8 Å². The summed E-state index contributed by atoms with van der Waals surface area (Å²) in [6.45, 7) is 2.73. The molecule has 0 saturated heterocycles. The number of carbonyl (C=O) groups is 3. The Morgan fingerprint density at radius 2 is 1.00 bits per heavy atom. The van der Waals surface area contributed by atoms with Crippen molar-refractivity contribution in [3.05, 3.63) is 36.5 Å². The van der Waals surface area contributed by atoms with Gasteiger partial charge >= 0.3 is 25.7 Å². The summed E-state index contributed by atoms with van der Waals surface area (Å²) >= 11 is 0. The van der Waals surface area contributed by atoms with E-state index in [-0.39, 0.29) is 19.4 Å². The minimum absolute atomic E-state index is 0.119. The predicted molar refractivity (Wildman–Crippen MR) is 217 cm³/mol. The molecule has 0 aliphatic rings. The van der Waals surface area contributed by atoms with Gasteiger partial charge in [0.1, 0.15) is 12.6 Å². The Morgan fingerprint density at radius 3 is 1.56 bits per heavy atom. The summed E-state index contributed by atoms with van der Waals surface area (Å²) in [6.07, 6.45) is 39.2. The molecule has 4 N–H and O–H groups in total. The van der Waals surface area contributed by atoms with Crippen LogP contribution in [-0.2, 0) is 37.5 Å². The van der Waals surface area contributed by atoms with E-state index in [2.05, 4.69) is 54.8 Å². The molecule has 54 heavy (non-hydrogen) atoms. The third-order valence-electron chi connectivity index (χ3n) is 8.86. The summed E-state index contributed by atoms with van der Waals surface area (Å²) in [4.78, 5) is 45.9. The van der Waals surface area contributed by atoms with E-state index in [0.29, 0.717) is 12.8 Å². The van der Waals surface area contributed by atoms with E-state index < -0.39 is 51.1 Å². The maximum atomic E-state index is 12.6. The molecule has 0 aromatic heterocycles. The molecule has 0 heterocycles. The number of rotatable bonds is 39. The number of carbonyl (C=O) groups excluding carboxylic acids is 2. The van der Waals surface area contributed by atoms with E-state index in [1.165, 1.54) is 96.3 Å². The van der Waals surface area contributed by atoms with Gasteiger partial charge < -0.3 is 25.2 Å². The molecule has 0 saturated carbocycles. The summed E-state index contributed by atoms with van der Waals surface area (Å²) in [7, 11) is -4.72. The van der Waals surface area contributed by atoms with Crippen LogP contribution in [0.4, 0.5) is 0 Å². The first-order valence-electron chi connectivity index (χ1n) is 21.0. The fraction of sp³-hybridized carbons (Fsp3) is 0.786. The zero-order valence-corrected chi connectivity index (χ0v) is 34.7.